The first-order valence-electron chi connectivity index (χ1n) is 8.71. The fourth-order valence-corrected chi connectivity index (χ4v) is 3.46. The molecule has 1 aliphatic rings. The molecule has 7 heteroatoms. The number of halogens is 1. The monoisotopic (exact) mass is 354 g/mol. The van der Waals surface area contributed by atoms with Crippen molar-refractivity contribution >= 4 is 17.4 Å². The van der Waals surface area contributed by atoms with Gasteiger partial charge in [-0.25, -0.2) is 18.7 Å². The van der Waals surface area contributed by atoms with E-state index in [0.717, 1.165) is 30.8 Å². The van der Waals surface area contributed by atoms with Gasteiger partial charge in [0.2, 0.25) is 0 Å². The van der Waals surface area contributed by atoms with Gasteiger partial charge in [-0.15, -0.1) is 5.10 Å². The molecule has 0 spiro atoms. The Balaban J connectivity index is 1.71. The lowest BCUT2D eigenvalue weighted by Crippen LogP contribution is -2.24. The highest BCUT2D eigenvalue weighted by atomic mass is 19.1. The van der Waals surface area contributed by atoms with Crippen molar-refractivity contribution in [3.05, 3.63) is 59.7 Å². The Kier molecular flexibility index (Phi) is 4.28. The van der Waals surface area contributed by atoms with Gasteiger partial charge in [-0.05, 0) is 49.6 Å². The summed E-state index contributed by atoms with van der Waals surface area (Å²) in [5.74, 6) is 0.0394. The fourth-order valence-electron chi connectivity index (χ4n) is 3.46. The van der Waals surface area contributed by atoms with Crippen molar-refractivity contribution in [3.63, 3.8) is 0 Å². The van der Waals surface area contributed by atoms with E-state index in [4.69, 9.17) is 4.74 Å². The molecule has 26 heavy (non-hydrogen) atoms. The van der Waals surface area contributed by atoms with Crippen LogP contribution in [-0.4, -0.2) is 33.7 Å². The Morgan fingerprint density at radius 3 is 3.04 bits per heavy atom. The van der Waals surface area contributed by atoms with Gasteiger partial charge in [0.25, 0.3) is 0 Å². The van der Waals surface area contributed by atoms with Gasteiger partial charge in [-0.1, -0.05) is 12.1 Å². The molecule has 1 aliphatic heterocycles. The normalized spacial score (nSPS) is 17.0. The molecule has 0 amide bonds. The first kappa shape index (κ1) is 16.5. The molecule has 0 saturated carbocycles. The Morgan fingerprint density at radius 2 is 2.23 bits per heavy atom. The van der Waals surface area contributed by atoms with Gasteiger partial charge in [-0.2, -0.15) is 0 Å². The lowest BCUT2D eigenvalue weighted by Gasteiger charge is -2.26. The summed E-state index contributed by atoms with van der Waals surface area (Å²) in [6.45, 7) is 2.87. The number of benzene rings is 1. The van der Waals surface area contributed by atoms with Crippen LogP contribution in [0.25, 0.3) is 5.65 Å². The number of ether oxygens (including phenoxy) is 1. The molecule has 0 bridgehead atoms. The second kappa shape index (κ2) is 6.74. The Bertz CT molecular complexity index is 956. The SMILES string of the molecule is CCOC(=O)c1cnc2ccc(N3CCCC3c3cccc(F)c3)nn12. The maximum Gasteiger partial charge on any atom is 0.358 e. The molecule has 0 N–H and O–H groups in total. The van der Waals surface area contributed by atoms with Gasteiger partial charge in [-0.3, -0.25) is 0 Å². The zero-order valence-corrected chi connectivity index (χ0v) is 14.4. The molecule has 1 saturated heterocycles. The second-order valence-electron chi connectivity index (χ2n) is 6.23. The predicted octanol–water partition coefficient (Wildman–Crippen LogP) is 3.39. The van der Waals surface area contributed by atoms with E-state index in [0.29, 0.717) is 17.9 Å². The number of anilines is 1. The lowest BCUT2D eigenvalue weighted by atomic mass is 10.0. The van der Waals surface area contributed by atoms with Gasteiger partial charge >= 0.3 is 5.97 Å². The third kappa shape index (κ3) is 2.89. The Morgan fingerprint density at radius 1 is 1.35 bits per heavy atom. The third-order valence-corrected chi connectivity index (χ3v) is 4.61. The van der Waals surface area contributed by atoms with Crippen molar-refractivity contribution in [3.8, 4) is 0 Å². The maximum atomic E-state index is 13.6. The predicted molar refractivity (Wildman–Crippen MR) is 94.7 cm³/mol. The lowest BCUT2D eigenvalue weighted by molar-refractivity contribution is 0.0517. The molecule has 1 unspecified atom stereocenters. The summed E-state index contributed by atoms with van der Waals surface area (Å²) in [4.78, 5) is 18.4. The van der Waals surface area contributed by atoms with E-state index in [1.54, 1.807) is 19.1 Å². The van der Waals surface area contributed by atoms with Gasteiger partial charge in [0.1, 0.15) is 11.6 Å². The highest BCUT2D eigenvalue weighted by molar-refractivity contribution is 5.88. The number of rotatable bonds is 4. The number of esters is 1. The van der Waals surface area contributed by atoms with Crippen molar-refractivity contribution in [2.45, 2.75) is 25.8 Å². The van der Waals surface area contributed by atoms with E-state index < -0.39 is 5.97 Å². The number of hydrogen-bond acceptors (Lipinski definition) is 5. The molecular formula is C19H19FN4O2. The number of imidazole rings is 1. The third-order valence-electron chi connectivity index (χ3n) is 4.61. The quantitative estimate of drug-likeness (QED) is 0.672. The van der Waals surface area contributed by atoms with Crippen LogP contribution in [0.5, 0.6) is 0 Å². The van der Waals surface area contributed by atoms with Crippen LogP contribution in [-0.2, 0) is 4.74 Å². The van der Waals surface area contributed by atoms with Gasteiger partial charge in [0, 0.05) is 6.54 Å². The fraction of sp³-hybridized carbons (Fsp3) is 0.316. The molecule has 1 aromatic carbocycles. The number of nitrogens with zero attached hydrogens (tertiary/aromatic N) is 4. The topological polar surface area (TPSA) is 59.7 Å². The Labute approximate surface area is 150 Å². The summed E-state index contributed by atoms with van der Waals surface area (Å²) in [5, 5.41) is 4.60. The minimum absolute atomic E-state index is 0.0604. The Hall–Kier alpha value is -2.96. The van der Waals surface area contributed by atoms with Crippen LogP contribution in [0, 0.1) is 5.82 Å². The summed E-state index contributed by atoms with van der Waals surface area (Å²) in [5.41, 5.74) is 1.81. The molecule has 3 heterocycles. The minimum atomic E-state index is -0.451. The largest absolute Gasteiger partial charge is 0.461 e. The average Bonchev–Trinajstić information content (AvgIpc) is 3.28. The summed E-state index contributed by atoms with van der Waals surface area (Å²) in [6, 6.07) is 10.5. The summed E-state index contributed by atoms with van der Waals surface area (Å²) >= 11 is 0. The number of carbonyl (C=O) groups excluding carboxylic acids is 1. The van der Waals surface area contributed by atoms with Gasteiger partial charge < -0.3 is 9.64 Å². The van der Waals surface area contributed by atoms with E-state index in [1.165, 1.54) is 16.8 Å². The number of hydrogen-bond donors (Lipinski definition) is 0. The standard InChI is InChI=1S/C19H19FN4O2/c1-2-26-19(25)16-12-21-17-8-9-18(22-24(16)17)23-10-4-7-15(23)13-5-3-6-14(20)11-13/h3,5-6,8-9,11-12,15H,2,4,7,10H2,1H3. The van der Waals surface area contributed by atoms with Crippen molar-refractivity contribution in [2.24, 2.45) is 0 Å². The van der Waals surface area contributed by atoms with E-state index in [-0.39, 0.29) is 11.9 Å². The van der Waals surface area contributed by atoms with Crippen LogP contribution in [0.3, 0.4) is 0 Å². The van der Waals surface area contributed by atoms with Crippen LogP contribution in [0.15, 0.2) is 42.6 Å². The highest BCUT2D eigenvalue weighted by Crippen LogP contribution is 2.35. The molecule has 3 aromatic rings. The summed E-state index contributed by atoms with van der Waals surface area (Å²) < 4.78 is 20.2. The smallest absolute Gasteiger partial charge is 0.358 e. The van der Waals surface area contributed by atoms with Crippen LogP contribution in [0.4, 0.5) is 10.2 Å². The highest BCUT2D eigenvalue weighted by Gasteiger charge is 2.28. The van der Waals surface area contributed by atoms with Crippen LogP contribution < -0.4 is 4.90 Å². The molecule has 2 aromatic heterocycles. The molecular weight excluding hydrogens is 335 g/mol. The second-order valence-corrected chi connectivity index (χ2v) is 6.23. The summed E-state index contributed by atoms with van der Waals surface area (Å²) in [7, 11) is 0. The molecule has 1 fully saturated rings. The molecule has 134 valence electrons. The van der Waals surface area contributed by atoms with E-state index in [9.17, 15) is 9.18 Å². The van der Waals surface area contributed by atoms with E-state index in [2.05, 4.69) is 15.0 Å². The number of carbonyl (C=O) groups is 1. The molecule has 0 radical (unpaired) electrons. The van der Waals surface area contributed by atoms with Gasteiger partial charge in [0.05, 0.1) is 18.8 Å². The van der Waals surface area contributed by atoms with E-state index in [1.807, 2.05) is 18.2 Å². The average molecular weight is 354 g/mol. The minimum Gasteiger partial charge on any atom is -0.461 e. The van der Waals surface area contributed by atoms with Crippen molar-refractivity contribution in [1.29, 1.82) is 0 Å². The molecule has 0 aliphatic carbocycles. The molecule has 6 nitrogen and oxygen atoms in total. The van der Waals surface area contributed by atoms with Crippen molar-refractivity contribution < 1.29 is 13.9 Å². The zero-order chi connectivity index (χ0) is 18.1. The number of aromatic nitrogens is 3. The first-order chi connectivity index (χ1) is 12.7. The number of fused-ring (bicyclic) bond motifs is 1. The zero-order valence-electron chi connectivity index (χ0n) is 14.4. The van der Waals surface area contributed by atoms with Crippen molar-refractivity contribution in [1.82, 2.24) is 14.6 Å². The maximum absolute atomic E-state index is 13.6. The van der Waals surface area contributed by atoms with Gasteiger partial charge in [0.15, 0.2) is 11.3 Å². The molecule has 4 rings (SSSR count). The first-order valence-corrected chi connectivity index (χ1v) is 8.71. The van der Waals surface area contributed by atoms with Crippen LogP contribution in [0.1, 0.15) is 41.9 Å². The van der Waals surface area contributed by atoms with Crippen LogP contribution >= 0.6 is 0 Å². The van der Waals surface area contributed by atoms with Crippen molar-refractivity contribution in [2.75, 3.05) is 18.1 Å². The van der Waals surface area contributed by atoms with E-state index >= 15 is 0 Å². The van der Waals surface area contributed by atoms with Crippen LogP contribution in [0.2, 0.25) is 0 Å². The molecule has 1 atom stereocenters. The summed E-state index contributed by atoms with van der Waals surface area (Å²) in [6.07, 6.45) is 3.39.